The lowest BCUT2D eigenvalue weighted by Gasteiger charge is -2.09. The number of carbonyl (C=O) groups excluding carboxylic acids is 2. The van der Waals surface area contributed by atoms with Crippen molar-refractivity contribution in [1.29, 1.82) is 5.41 Å². The third-order valence-electron chi connectivity index (χ3n) is 5.22. The van der Waals surface area contributed by atoms with Crippen LogP contribution in [0.4, 0.5) is 5.95 Å². The van der Waals surface area contributed by atoms with Gasteiger partial charge in [0.15, 0.2) is 0 Å². The molecule has 0 spiro atoms. The van der Waals surface area contributed by atoms with Crippen molar-refractivity contribution in [1.82, 2.24) is 19.1 Å². The number of aromatic nitrogens is 4. The van der Waals surface area contributed by atoms with E-state index in [0.29, 0.717) is 43.9 Å². The smallest absolute Gasteiger partial charge is 0.326 e. The van der Waals surface area contributed by atoms with E-state index in [9.17, 15) is 14.4 Å². The number of anilines is 1. The summed E-state index contributed by atoms with van der Waals surface area (Å²) in [5.41, 5.74) is 13.7. The van der Waals surface area contributed by atoms with Gasteiger partial charge < -0.3 is 26.4 Å². The fraction of sp³-hybridized carbons (Fsp3) is 0.190. The topological polar surface area (TPSA) is 178 Å². The lowest BCUT2D eigenvalue weighted by atomic mass is 10.2. The van der Waals surface area contributed by atoms with Gasteiger partial charge in [0.2, 0.25) is 11.9 Å². The van der Waals surface area contributed by atoms with E-state index in [4.69, 9.17) is 16.9 Å². The third-order valence-corrected chi connectivity index (χ3v) is 6.35. The largest absolute Gasteiger partial charge is 0.404 e. The zero-order valence-corrected chi connectivity index (χ0v) is 18.5. The molecule has 0 aliphatic heterocycles. The molecule has 4 aromatic rings. The predicted octanol–water partition coefficient (Wildman–Crippen LogP) is 1.84. The number of primary amides is 1. The number of hydrogen-bond acceptors (Lipinski definition) is 7. The zero-order chi connectivity index (χ0) is 23.7. The zero-order valence-electron chi connectivity index (χ0n) is 17.7. The predicted molar refractivity (Wildman–Crippen MR) is 129 cm³/mol. The number of fused-ring (bicyclic) bond motifs is 2. The van der Waals surface area contributed by atoms with Crippen LogP contribution in [0.3, 0.4) is 0 Å². The molecule has 1 aromatic carbocycles. The van der Waals surface area contributed by atoms with E-state index in [1.807, 2.05) is 6.92 Å². The molecule has 0 radical (unpaired) electrons. The van der Waals surface area contributed by atoms with Crippen LogP contribution in [0.15, 0.2) is 35.3 Å². The van der Waals surface area contributed by atoms with E-state index < -0.39 is 5.91 Å². The van der Waals surface area contributed by atoms with Gasteiger partial charge in [-0.05, 0) is 31.2 Å². The summed E-state index contributed by atoms with van der Waals surface area (Å²) in [4.78, 5) is 45.0. The first-order valence-corrected chi connectivity index (χ1v) is 10.9. The monoisotopic (exact) mass is 466 g/mol. The van der Waals surface area contributed by atoms with Crippen LogP contribution in [0.25, 0.3) is 27.6 Å². The Hall–Kier alpha value is -4.19. The van der Waals surface area contributed by atoms with E-state index in [1.54, 1.807) is 33.4 Å². The number of amides is 2. The van der Waals surface area contributed by atoms with Crippen molar-refractivity contribution in [2.45, 2.75) is 26.4 Å². The number of aryl methyl sites for hydroxylation is 2. The molecule has 170 valence electrons. The van der Waals surface area contributed by atoms with Crippen molar-refractivity contribution < 1.29 is 9.59 Å². The molecular weight excluding hydrogens is 444 g/mol. The maximum atomic E-state index is 12.9. The van der Waals surface area contributed by atoms with Gasteiger partial charge in [-0.1, -0.05) is 0 Å². The molecule has 3 heterocycles. The number of nitrogens with zero attached hydrogens (tertiary/aromatic N) is 3. The first-order valence-electron chi connectivity index (χ1n) is 10.1. The van der Waals surface area contributed by atoms with Crippen LogP contribution < -0.4 is 22.5 Å². The van der Waals surface area contributed by atoms with Crippen LogP contribution in [0.5, 0.6) is 0 Å². The summed E-state index contributed by atoms with van der Waals surface area (Å²) < 4.78 is 3.30. The summed E-state index contributed by atoms with van der Waals surface area (Å²) in [5, 5.41) is 10.2. The van der Waals surface area contributed by atoms with Crippen LogP contribution in [0.1, 0.15) is 27.9 Å². The van der Waals surface area contributed by atoms with Crippen LogP contribution in [0, 0.1) is 5.41 Å². The number of allylic oxidation sites excluding steroid dienone is 1. The van der Waals surface area contributed by atoms with Crippen molar-refractivity contribution in [3.8, 4) is 0 Å². The molecule has 0 bridgehead atoms. The molecule has 0 saturated carbocycles. The van der Waals surface area contributed by atoms with Crippen molar-refractivity contribution in [3.05, 3.63) is 50.7 Å². The highest BCUT2D eigenvalue weighted by atomic mass is 32.1. The Morgan fingerprint density at radius 1 is 1.24 bits per heavy atom. The summed E-state index contributed by atoms with van der Waals surface area (Å²) in [7, 11) is 0. The van der Waals surface area contributed by atoms with Crippen molar-refractivity contribution in [2.24, 2.45) is 11.5 Å². The van der Waals surface area contributed by atoms with Gasteiger partial charge in [0.25, 0.3) is 5.91 Å². The molecule has 0 aliphatic rings. The summed E-state index contributed by atoms with van der Waals surface area (Å²) in [6, 6.07) is 6.90. The van der Waals surface area contributed by atoms with Crippen LogP contribution >= 0.6 is 11.3 Å². The van der Waals surface area contributed by atoms with Crippen molar-refractivity contribution in [3.63, 3.8) is 0 Å². The molecular formula is C21H22N8O3S. The molecule has 0 saturated heterocycles. The molecule has 0 fully saturated rings. The fourth-order valence-electron chi connectivity index (χ4n) is 3.61. The molecule has 0 unspecified atom stereocenters. The van der Waals surface area contributed by atoms with Crippen molar-refractivity contribution >= 4 is 63.0 Å². The van der Waals surface area contributed by atoms with E-state index in [2.05, 4.69) is 15.3 Å². The molecule has 3 aromatic heterocycles. The second-order valence-electron chi connectivity index (χ2n) is 7.22. The first-order chi connectivity index (χ1) is 15.9. The first kappa shape index (κ1) is 22.0. The lowest BCUT2D eigenvalue weighted by molar-refractivity contribution is -0.118. The standard InChI is InChI=1S/C21H22N8O3S/c1-2-28-14-8-15-12(7-13(14)26-21(28)32)25-20(29(15)6-5-18(24)30)27-19(31)17-4-3-16(33-17)11(9-22)10-23/h3-4,7-10,22H,2,5-6,23H2,1H3,(H2,24,30)(H,26,32)(H,25,27,31)/b11-10+,22-9?. The number of thiophene rings is 1. The van der Waals surface area contributed by atoms with E-state index in [-0.39, 0.29) is 30.5 Å². The van der Waals surface area contributed by atoms with Gasteiger partial charge in [0.1, 0.15) is 0 Å². The van der Waals surface area contributed by atoms with Crippen LogP contribution in [-0.2, 0) is 17.9 Å². The number of rotatable bonds is 8. The molecule has 11 nitrogen and oxygen atoms in total. The maximum Gasteiger partial charge on any atom is 0.326 e. The average molecular weight is 467 g/mol. The minimum Gasteiger partial charge on any atom is -0.404 e. The molecule has 0 aliphatic carbocycles. The quantitative estimate of drug-likeness (QED) is 0.248. The number of aromatic amines is 1. The minimum absolute atomic E-state index is 0.0488. The van der Waals surface area contributed by atoms with E-state index in [1.165, 1.54) is 17.5 Å². The molecule has 2 amide bonds. The normalized spacial score (nSPS) is 11.8. The Morgan fingerprint density at radius 3 is 2.67 bits per heavy atom. The van der Waals surface area contributed by atoms with Crippen molar-refractivity contribution in [2.75, 3.05) is 5.32 Å². The Kier molecular flexibility index (Phi) is 5.84. The molecule has 7 N–H and O–H groups in total. The van der Waals surface area contributed by atoms with Gasteiger partial charge in [0.05, 0.1) is 26.9 Å². The van der Waals surface area contributed by atoms with Crippen LogP contribution in [0.2, 0.25) is 0 Å². The number of carbonyl (C=O) groups is 2. The highest BCUT2D eigenvalue weighted by Gasteiger charge is 2.19. The van der Waals surface area contributed by atoms with Crippen LogP contribution in [-0.4, -0.2) is 37.1 Å². The van der Waals surface area contributed by atoms with Gasteiger partial charge in [-0.3, -0.25) is 19.5 Å². The Labute approximate surface area is 191 Å². The molecule has 0 atom stereocenters. The highest BCUT2D eigenvalue weighted by Crippen LogP contribution is 2.27. The summed E-state index contributed by atoms with van der Waals surface area (Å²) >= 11 is 1.19. The fourth-order valence-corrected chi connectivity index (χ4v) is 4.51. The highest BCUT2D eigenvalue weighted by molar-refractivity contribution is 7.15. The summed E-state index contributed by atoms with van der Waals surface area (Å²) in [5.74, 6) is -0.622. The number of benzene rings is 1. The average Bonchev–Trinajstić information content (AvgIpc) is 3.46. The second-order valence-corrected chi connectivity index (χ2v) is 8.30. The lowest BCUT2D eigenvalue weighted by Crippen LogP contribution is -2.18. The minimum atomic E-state index is -0.488. The van der Waals surface area contributed by atoms with Gasteiger partial charge >= 0.3 is 5.69 Å². The number of nitrogens with one attached hydrogen (secondary N) is 3. The number of H-pyrrole nitrogens is 1. The number of imidazole rings is 2. The number of hydrogen-bond donors (Lipinski definition) is 5. The molecule has 4 rings (SSSR count). The Bertz CT molecular complexity index is 1490. The van der Waals surface area contributed by atoms with E-state index >= 15 is 0 Å². The second kappa shape index (κ2) is 8.74. The number of nitrogens with two attached hydrogens (primary N) is 2. The molecule has 33 heavy (non-hydrogen) atoms. The van der Waals surface area contributed by atoms with Gasteiger partial charge in [0, 0.05) is 42.4 Å². The Balaban J connectivity index is 1.76. The SMILES string of the molecule is CCn1c(=O)[nH]c2cc3nc(NC(=O)c4ccc(/C(C=N)=C/N)s4)n(CCC(N)=O)c3cc21. The summed E-state index contributed by atoms with van der Waals surface area (Å²) in [6.45, 7) is 2.56. The van der Waals surface area contributed by atoms with Gasteiger partial charge in [-0.2, -0.15) is 0 Å². The Morgan fingerprint density at radius 2 is 2.00 bits per heavy atom. The van der Waals surface area contributed by atoms with Gasteiger partial charge in [-0.15, -0.1) is 11.3 Å². The maximum absolute atomic E-state index is 12.9. The van der Waals surface area contributed by atoms with E-state index in [0.717, 1.165) is 6.21 Å². The van der Waals surface area contributed by atoms with Gasteiger partial charge in [-0.25, -0.2) is 9.78 Å². The summed E-state index contributed by atoms with van der Waals surface area (Å²) in [6.07, 6.45) is 2.48. The molecule has 12 heteroatoms. The third kappa shape index (κ3) is 4.03.